The van der Waals surface area contributed by atoms with Crippen LogP contribution in [0.5, 0.6) is 0 Å². The van der Waals surface area contributed by atoms with Gasteiger partial charge in [0.15, 0.2) is 0 Å². The van der Waals surface area contributed by atoms with Crippen molar-refractivity contribution in [1.29, 1.82) is 0 Å². The van der Waals surface area contributed by atoms with Gasteiger partial charge in [-0.15, -0.1) is 0 Å². The Morgan fingerprint density at radius 3 is 2.33 bits per heavy atom. The average molecular weight is 298 g/mol. The van der Waals surface area contributed by atoms with E-state index in [0.717, 1.165) is 6.54 Å². The van der Waals surface area contributed by atoms with Crippen LogP contribution < -0.4 is 5.32 Å². The van der Waals surface area contributed by atoms with Crippen LogP contribution in [0, 0.1) is 5.92 Å². The van der Waals surface area contributed by atoms with E-state index >= 15 is 0 Å². The van der Waals surface area contributed by atoms with E-state index in [4.69, 9.17) is 0 Å². The van der Waals surface area contributed by atoms with E-state index in [1.807, 2.05) is 0 Å². The maximum atomic E-state index is 11.5. The van der Waals surface area contributed by atoms with Crippen LogP contribution in [0.25, 0.3) is 0 Å². The van der Waals surface area contributed by atoms with E-state index in [2.05, 4.69) is 31.0 Å². The molecule has 4 heteroatoms. The fraction of sp³-hybridized carbons (Fsp3) is 0.941. The van der Waals surface area contributed by atoms with Gasteiger partial charge in [-0.1, -0.05) is 26.7 Å². The highest BCUT2D eigenvalue weighted by Crippen LogP contribution is 2.28. The highest BCUT2D eigenvalue weighted by molar-refractivity contribution is 5.78. The molecule has 0 bridgehead atoms. The third-order valence-electron chi connectivity index (χ3n) is 5.05. The van der Waals surface area contributed by atoms with Crippen molar-refractivity contribution < 1.29 is 9.90 Å². The maximum absolute atomic E-state index is 11.5. The number of rotatable bonds is 9. The van der Waals surface area contributed by atoms with E-state index < -0.39 is 11.5 Å². The van der Waals surface area contributed by atoms with Gasteiger partial charge in [-0.05, 0) is 59.0 Å². The molecule has 0 heterocycles. The number of hydrogen-bond acceptors (Lipinski definition) is 3. The molecule has 2 N–H and O–H groups in total. The lowest BCUT2D eigenvalue weighted by atomic mass is 9.92. The minimum absolute atomic E-state index is 0.292. The molecule has 0 aromatic rings. The SMILES string of the molecule is CNC(C)(CC(C)N(CCC(C)C)C1CCCC1)C(=O)O. The lowest BCUT2D eigenvalue weighted by Gasteiger charge is -2.38. The third-order valence-corrected chi connectivity index (χ3v) is 5.05. The Kier molecular flexibility index (Phi) is 7.14. The molecule has 0 aromatic carbocycles. The Balaban J connectivity index is 2.73. The zero-order valence-corrected chi connectivity index (χ0v) is 14.5. The Labute approximate surface area is 130 Å². The van der Waals surface area contributed by atoms with E-state index in [0.29, 0.717) is 24.4 Å². The Morgan fingerprint density at radius 1 is 1.33 bits per heavy atom. The maximum Gasteiger partial charge on any atom is 0.323 e. The zero-order valence-electron chi connectivity index (χ0n) is 14.5. The van der Waals surface area contributed by atoms with Crippen molar-refractivity contribution in [3.8, 4) is 0 Å². The van der Waals surface area contributed by atoms with Crippen LogP contribution in [0.15, 0.2) is 0 Å². The lowest BCUT2D eigenvalue weighted by molar-refractivity contribution is -0.145. The highest BCUT2D eigenvalue weighted by Gasteiger charge is 2.36. The molecule has 2 unspecified atom stereocenters. The van der Waals surface area contributed by atoms with Gasteiger partial charge < -0.3 is 10.4 Å². The van der Waals surface area contributed by atoms with E-state index in [-0.39, 0.29) is 0 Å². The molecule has 124 valence electrons. The molecule has 1 fully saturated rings. The standard InChI is InChI=1S/C17H34N2O2/c1-13(2)10-11-19(15-8-6-7-9-15)14(3)12-17(4,18-5)16(20)21/h13-15,18H,6-12H2,1-5H3,(H,20,21). The second-order valence-electron chi connectivity index (χ2n) is 7.30. The number of aliphatic carboxylic acids is 1. The molecule has 0 saturated heterocycles. The van der Waals surface area contributed by atoms with Gasteiger partial charge in [0.25, 0.3) is 0 Å². The molecule has 0 amide bonds. The van der Waals surface area contributed by atoms with Crippen molar-refractivity contribution in [2.45, 2.75) is 83.8 Å². The zero-order chi connectivity index (χ0) is 16.0. The molecule has 21 heavy (non-hydrogen) atoms. The number of hydrogen-bond donors (Lipinski definition) is 2. The first kappa shape index (κ1) is 18.4. The van der Waals surface area contributed by atoms with Crippen LogP contribution in [0.2, 0.25) is 0 Å². The van der Waals surface area contributed by atoms with Crippen molar-refractivity contribution in [2.24, 2.45) is 5.92 Å². The Morgan fingerprint density at radius 2 is 1.90 bits per heavy atom. The molecule has 0 aliphatic heterocycles. The first-order valence-electron chi connectivity index (χ1n) is 8.48. The fourth-order valence-corrected chi connectivity index (χ4v) is 3.41. The molecular formula is C17H34N2O2. The minimum atomic E-state index is -0.839. The second kappa shape index (κ2) is 8.14. The smallest absolute Gasteiger partial charge is 0.323 e. The van der Waals surface area contributed by atoms with Crippen LogP contribution >= 0.6 is 0 Å². The predicted molar refractivity (Wildman–Crippen MR) is 87.6 cm³/mol. The summed E-state index contributed by atoms with van der Waals surface area (Å²) >= 11 is 0. The average Bonchev–Trinajstić information content (AvgIpc) is 2.92. The monoisotopic (exact) mass is 298 g/mol. The Bertz CT molecular complexity index is 327. The van der Waals surface area contributed by atoms with Gasteiger partial charge in [-0.25, -0.2) is 0 Å². The normalized spacial score (nSPS) is 20.9. The quantitative estimate of drug-likeness (QED) is 0.687. The van der Waals surface area contributed by atoms with E-state index in [1.165, 1.54) is 32.1 Å². The first-order valence-corrected chi connectivity index (χ1v) is 8.48. The summed E-state index contributed by atoms with van der Waals surface area (Å²) in [6, 6.07) is 0.939. The molecular weight excluding hydrogens is 264 g/mol. The van der Waals surface area contributed by atoms with Crippen LogP contribution in [0.1, 0.15) is 66.2 Å². The first-order chi connectivity index (χ1) is 9.80. The van der Waals surface area contributed by atoms with Gasteiger partial charge in [-0.3, -0.25) is 9.69 Å². The fourth-order valence-electron chi connectivity index (χ4n) is 3.41. The van der Waals surface area contributed by atoms with Crippen molar-refractivity contribution in [3.05, 3.63) is 0 Å². The van der Waals surface area contributed by atoms with Crippen molar-refractivity contribution >= 4 is 5.97 Å². The summed E-state index contributed by atoms with van der Waals surface area (Å²) in [5.41, 5.74) is -0.839. The van der Waals surface area contributed by atoms with Crippen molar-refractivity contribution in [1.82, 2.24) is 10.2 Å². The number of carbonyl (C=O) groups is 1. The van der Waals surface area contributed by atoms with Crippen LogP contribution in [-0.4, -0.2) is 47.2 Å². The number of likely N-dealkylation sites (N-methyl/N-ethyl adjacent to an activating group) is 1. The largest absolute Gasteiger partial charge is 0.480 e. The van der Waals surface area contributed by atoms with Gasteiger partial charge in [0.05, 0.1) is 0 Å². The number of carboxylic acids is 1. The lowest BCUT2D eigenvalue weighted by Crippen LogP contribution is -2.53. The number of carboxylic acid groups (broad SMARTS) is 1. The van der Waals surface area contributed by atoms with Crippen LogP contribution in [-0.2, 0) is 4.79 Å². The summed E-state index contributed by atoms with van der Waals surface area (Å²) < 4.78 is 0. The molecule has 0 spiro atoms. The molecule has 0 radical (unpaired) electrons. The topological polar surface area (TPSA) is 52.6 Å². The van der Waals surface area contributed by atoms with Crippen molar-refractivity contribution in [2.75, 3.05) is 13.6 Å². The molecule has 1 aliphatic carbocycles. The van der Waals surface area contributed by atoms with Crippen molar-refractivity contribution in [3.63, 3.8) is 0 Å². The summed E-state index contributed by atoms with van der Waals surface area (Å²) in [6.07, 6.45) is 7.00. The van der Waals surface area contributed by atoms with Gasteiger partial charge >= 0.3 is 5.97 Å². The molecule has 4 nitrogen and oxygen atoms in total. The van der Waals surface area contributed by atoms with Crippen LogP contribution in [0.3, 0.4) is 0 Å². The van der Waals surface area contributed by atoms with Gasteiger partial charge in [-0.2, -0.15) is 0 Å². The predicted octanol–water partition coefficient (Wildman–Crippen LogP) is 3.12. The summed E-state index contributed by atoms with van der Waals surface area (Å²) in [4.78, 5) is 14.1. The molecule has 1 saturated carbocycles. The third kappa shape index (κ3) is 5.26. The molecule has 2 atom stereocenters. The Hall–Kier alpha value is -0.610. The molecule has 0 aromatic heterocycles. The second-order valence-corrected chi connectivity index (χ2v) is 7.30. The van der Waals surface area contributed by atoms with Crippen LogP contribution in [0.4, 0.5) is 0 Å². The summed E-state index contributed by atoms with van der Waals surface area (Å²) in [5.74, 6) is -0.0663. The number of nitrogens with one attached hydrogen (secondary N) is 1. The minimum Gasteiger partial charge on any atom is -0.480 e. The van der Waals surface area contributed by atoms with Gasteiger partial charge in [0.2, 0.25) is 0 Å². The van der Waals surface area contributed by atoms with E-state index in [1.54, 1.807) is 14.0 Å². The highest BCUT2D eigenvalue weighted by atomic mass is 16.4. The summed E-state index contributed by atoms with van der Waals surface area (Å²) in [5, 5.41) is 12.5. The molecule has 1 aliphatic rings. The summed E-state index contributed by atoms with van der Waals surface area (Å²) in [6.45, 7) is 9.58. The van der Waals surface area contributed by atoms with E-state index in [9.17, 15) is 9.90 Å². The number of nitrogens with zero attached hydrogens (tertiary/aromatic N) is 1. The molecule has 1 rings (SSSR count). The van der Waals surface area contributed by atoms with Gasteiger partial charge in [0.1, 0.15) is 5.54 Å². The summed E-state index contributed by atoms with van der Waals surface area (Å²) in [7, 11) is 1.74. The van der Waals surface area contributed by atoms with Gasteiger partial charge in [0, 0.05) is 12.1 Å².